The van der Waals surface area contributed by atoms with Crippen molar-refractivity contribution in [1.82, 2.24) is 15.0 Å². The van der Waals surface area contributed by atoms with Gasteiger partial charge in [-0.05, 0) is 43.7 Å². The number of hydrogen-bond acceptors (Lipinski definition) is 7. The first kappa shape index (κ1) is 23.1. The fourth-order valence-corrected chi connectivity index (χ4v) is 4.30. The molecular formula is C22H27F3N6O2. The zero-order chi connectivity index (χ0) is 23.9. The summed E-state index contributed by atoms with van der Waals surface area (Å²) >= 11 is 0. The van der Waals surface area contributed by atoms with E-state index in [9.17, 15) is 18.0 Å². The molecule has 11 heteroatoms. The van der Waals surface area contributed by atoms with Gasteiger partial charge in [-0.25, -0.2) is 9.97 Å². The molecule has 1 fully saturated rings. The van der Waals surface area contributed by atoms with Crippen molar-refractivity contribution in [1.29, 1.82) is 0 Å². The van der Waals surface area contributed by atoms with Gasteiger partial charge in [-0.1, -0.05) is 13.8 Å². The van der Waals surface area contributed by atoms with Gasteiger partial charge in [-0.2, -0.15) is 18.2 Å². The Hall–Kier alpha value is -3.11. The number of anilines is 3. The maximum atomic E-state index is 12.6. The quantitative estimate of drug-likeness (QED) is 0.670. The number of carbonyl (C=O) groups is 1. The first-order valence-corrected chi connectivity index (χ1v) is 10.9. The zero-order valence-electron chi connectivity index (χ0n) is 18.9. The molecule has 1 amide bonds. The summed E-state index contributed by atoms with van der Waals surface area (Å²) in [7, 11) is 1.87. The summed E-state index contributed by atoms with van der Waals surface area (Å²) in [6.07, 6.45) is -1.71. The van der Waals surface area contributed by atoms with Crippen molar-refractivity contribution >= 4 is 23.4 Å². The number of alkyl halides is 3. The van der Waals surface area contributed by atoms with Gasteiger partial charge in [0, 0.05) is 13.1 Å². The largest absolute Gasteiger partial charge is 0.492 e. The molecule has 0 saturated heterocycles. The van der Waals surface area contributed by atoms with Crippen LogP contribution in [-0.4, -0.2) is 46.6 Å². The molecule has 2 aromatic rings. The number of likely N-dealkylation sites (N-methyl/N-ethyl adjacent to an activating group) is 1. The van der Waals surface area contributed by atoms with E-state index < -0.39 is 11.9 Å². The van der Waals surface area contributed by atoms with Crippen LogP contribution in [-0.2, 0) is 11.0 Å². The van der Waals surface area contributed by atoms with Crippen LogP contribution in [0.1, 0.15) is 38.1 Å². The fourth-order valence-electron chi connectivity index (χ4n) is 4.30. The number of carbonyl (C=O) groups excluding carboxylic acids is 1. The number of nitrogens with one attached hydrogen (secondary N) is 2. The molecule has 0 unspecified atom stereocenters. The molecule has 2 N–H and O–H groups in total. The molecule has 2 aromatic heterocycles. The topological polar surface area (TPSA) is 92.3 Å². The Morgan fingerprint density at radius 3 is 2.61 bits per heavy atom. The number of aromatic nitrogens is 3. The Balaban J connectivity index is 1.32. The Kier molecular flexibility index (Phi) is 6.06. The summed E-state index contributed by atoms with van der Waals surface area (Å²) in [6.45, 7) is 6.23. The minimum atomic E-state index is -4.46. The lowest BCUT2D eigenvalue weighted by Gasteiger charge is -2.38. The number of nitrogens with zero attached hydrogens (tertiary/aromatic N) is 4. The Morgan fingerprint density at radius 1 is 1.27 bits per heavy atom. The molecule has 1 atom stereocenters. The van der Waals surface area contributed by atoms with Gasteiger partial charge in [0.2, 0.25) is 11.9 Å². The molecule has 1 aliphatic heterocycles. The number of ether oxygens (including phenoxy) is 1. The number of rotatable bonds is 6. The molecule has 0 bridgehead atoms. The van der Waals surface area contributed by atoms with Crippen LogP contribution in [0.4, 0.5) is 30.6 Å². The monoisotopic (exact) mass is 464 g/mol. The van der Waals surface area contributed by atoms with Crippen LogP contribution in [0.5, 0.6) is 5.75 Å². The van der Waals surface area contributed by atoms with Gasteiger partial charge >= 0.3 is 6.18 Å². The standard InChI is InChI=1S/C22H27F3N6O2/c1-11(2)18-20(32)29-17-12(3)27-21(30-19(17)31(18)4)28-14-7-13(8-14)10-33-15-5-6-16(26-9-15)22(23,24)25/h5-6,9,11,13-14,18H,7-8,10H2,1-4H3,(H,29,32)(H,27,28,30)/t13-,14+,18-/m0/s1. The normalized spacial score (nSPS) is 22.5. The molecule has 8 nitrogen and oxygen atoms in total. The number of pyridine rings is 1. The van der Waals surface area contributed by atoms with E-state index in [1.807, 2.05) is 32.7 Å². The van der Waals surface area contributed by atoms with Crippen molar-refractivity contribution in [2.45, 2.75) is 51.9 Å². The molecule has 3 heterocycles. The summed E-state index contributed by atoms with van der Waals surface area (Å²) in [5.41, 5.74) is 0.391. The van der Waals surface area contributed by atoms with Crippen molar-refractivity contribution in [3.05, 3.63) is 29.7 Å². The molecule has 0 spiro atoms. The van der Waals surface area contributed by atoms with Crippen molar-refractivity contribution in [2.24, 2.45) is 11.8 Å². The maximum Gasteiger partial charge on any atom is 0.433 e. The summed E-state index contributed by atoms with van der Waals surface area (Å²) in [5.74, 6) is 1.86. The summed E-state index contributed by atoms with van der Waals surface area (Å²) in [6, 6.07) is 2.07. The third-order valence-electron chi connectivity index (χ3n) is 6.05. The Bertz CT molecular complexity index is 1020. The van der Waals surface area contributed by atoms with Gasteiger partial charge < -0.3 is 20.3 Å². The lowest BCUT2D eigenvalue weighted by atomic mass is 9.81. The zero-order valence-corrected chi connectivity index (χ0v) is 18.9. The van der Waals surface area contributed by atoms with E-state index in [1.165, 1.54) is 6.07 Å². The second-order valence-electron chi connectivity index (χ2n) is 8.99. The van der Waals surface area contributed by atoms with E-state index in [-0.39, 0.29) is 29.8 Å². The highest BCUT2D eigenvalue weighted by Crippen LogP contribution is 2.36. The molecule has 4 rings (SSSR count). The van der Waals surface area contributed by atoms with Gasteiger partial charge in [0.05, 0.1) is 18.5 Å². The van der Waals surface area contributed by atoms with Gasteiger partial charge in [-0.15, -0.1) is 0 Å². The minimum absolute atomic E-state index is 0.0579. The van der Waals surface area contributed by atoms with Crippen molar-refractivity contribution in [3.8, 4) is 5.75 Å². The molecule has 2 aliphatic rings. The summed E-state index contributed by atoms with van der Waals surface area (Å²) in [4.78, 5) is 26.9. The highest BCUT2D eigenvalue weighted by atomic mass is 19.4. The number of amides is 1. The molecular weight excluding hydrogens is 437 g/mol. The molecule has 1 aliphatic carbocycles. The lowest BCUT2D eigenvalue weighted by Crippen LogP contribution is -2.50. The van der Waals surface area contributed by atoms with Gasteiger partial charge in [0.1, 0.15) is 23.2 Å². The summed E-state index contributed by atoms with van der Waals surface area (Å²) in [5, 5.41) is 6.28. The fraction of sp³-hybridized carbons (Fsp3) is 0.545. The first-order valence-electron chi connectivity index (χ1n) is 10.9. The highest BCUT2D eigenvalue weighted by Gasteiger charge is 2.36. The van der Waals surface area contributed by atoms with Gasteiger partial charge in [-0.3, -0.25) is 4.79 Å². The average Bonchev–Trinajstić information content (AvgIpc) is 2.70. The predicted octanol–water partition coefficient (Wildman–Crippen LogP) is 3.88. The van der Waals surface area contributed by atoms with E-state index in [0.717, 1.165) is 25.1 Å². The molecule has 0 radical (unpaired) electrons. The van der Waals surface area contributed by atoms with Crippen LogP contribution < -0.4 is 20.3 Å². The van der Waals surface area contributed by atoms with Crippen LogP contribution in [0.25, 0.3) is 0 Å². The SMILES string of the molecule is Cc1nc(N[C@H]2C[C@@H](COc3ccc(C(F)(F)F)nc3)C2)nc2c1NC(=O)[C@H](C(C)C)N2C. The van der Waals surface area contributed by atoms with Crippen LogP contribution in [0.3, 0.4) is 0 Å². The minimum Gasteiger partial charge on any atom is -0.492 e. The number of hydrogen-bond donors (Lipinski definition) is 2. The molecule has 1 saturated carbocycles. The lowest BCUT2D eigenvalue weighted by molar-refractivity contribution is -0.141. The first-order chi connectivity index (χ1) is 15.5. The second-order valence-corrected chi connectivity index (χ2v) is 8.99. The van der Waals surface area contributed by atoms with Crippen molar-refractivity contribution < 1.29 is 22.7 Å². The van der Waals surface area contributed by atoms with Crippen molar-refractivity contribution in [3.63, 3.8) is 0 Å². The van der Waals surface area contributed by atoms with Crippen LogP contribution in [0.2, 0.25) is 0 Å². The number of fused-ring (bicyclic) bond motifs is 1. The van der Waals surface area contributed by atoms with Gasteiger partial charge in [0.25, 0.3) is 0 Å². The van der Waals surface area contributed by atoms with E-state index in [4.69, 9.17) is 4.74 Å². The Morgan fingerprint density at radius 2 is 2.00 bits per heavy atom. The third kappa shape index (κ3) is 4.81. The third-order valence-corrected chi connectivity index (χ3v) is 6.05. The van der Waals surface area contributed by atoms with E-state index in [2.05, 4.69) is 25.6 Å². The molecule has 0 aromatic carbocycles. The Labute approximate surface area is 190 Å². The van der Waals surface area contributed by atoms with E-state index in [1.54, 1.807) is 0 Å². The van der Waals surface area contributed by atoms with E-state index in [0.29, 0.717) is 35.5 Å². The summed E-state index contributed by atoms with van der Waals surface area (Å²) < 4.78 is 43.4. The smallest absolute Gasteiger partial charge is 0.433 e. The predicted molar refractivity (Wildman–Crippen MR) is 117 cm³/mol. The number of aryl methyl sites for hydroxylation is 1. The second kappa shape index (κ2) is 8.68. The highest BCUT2D eigenvalue weighted by molar-refractivity contribution is 6.03. The van der Waals surface area contributed by atoms with Crippen LogP contribution >= 0.6 is 0 Å². The van der Waals surface area contributed by atoms with E-state index >= 15 is 0 Å². The van der Waals surface area contributed by atoms with Crippen LogP contribution in [0.15, 0.2) is 18.3 Å². The number of halogens is 3. The van der Waals surface area contributed by atoms with Crippen molar-refractivity contribution in [2.75, 3.05) is 29.2 Å². The average molecular weight is 464 g/mol. The van der Waals surface area contributed by atoms with Crippen LogP contribution in [0, 0.1) is 18.8 Å². The molecule has 33 heavy (non-hydrogen) atoms. The van der Waals surface area contributed by atoms with Gasteiger partial charge in [0.15, 0.2) is 5.82 Å². The molecule has 178 valence electrons. The maximum absolute atomic E-state index is 12.6.